The molecule has 150 valence electrons. The van der Waals surface area contributed by atoms with Crippen LogP contribution in [0, 0.1) is 10.8 Å². The van der Waals surface area contributed by atoms with Crippen molar-refractivity contribution in [3.63, 3.8) is 0 Å². The Morgan fingerprint density at radius 2 is 2.07 bits per heavy atom. The standard InChI is InChI=1S/C22H27NO5/c1-21(2)8-15-9-22(3,12-21)13-23(15)19(25)11-28-20(26)6-14-10-27-18-7-16(24)4-5-17(14)18/h4-5,7,10,15,24H,6,8-9,11-13H2,1-3H3/t15-,22-/m0/s1. The van der Waals surface area contributed by atoms with E-state index in [-0.39, 0.29) is 41.6 Å². The average Bonchev–Trinajstić information content (AvgIpc) is 3.09. The highest BCUT2D eigenvalue weighted by Crippen LogP contribution is 2.52. The number of carbonyl (C=O) groups is 2. The van der Waals surface area contributed by atoms with Crippen LogP contribution in [0.4, 0.5) is 0 Å². The molecule has 1 aromatic carbocycles. The summed E-state index contributed by atoms with van der Waals surface area (Å²) in [7, 11) is 0. The summed E-state index contributed by atoms with van der Waals surface area (Å²) in [5.74, 6) is -0.464. The zero-order valence-electron chi connectivity index (χ0n) is 16.7. The molecule has 6 nitrogen and oxygen atoms in total. The number of benzene rings is 1. The van der Waals surface area contributed by atoms with Crippen LogP contribution in [0.15, 0.2) is 28.9 Å². The van der Waals surface area contributed by atoms with Gasteiger partial charge in [-0.1, -0.05) is 20.8 Å². The van der Waals surface area contributed by atoms with Gasteiger partial charge in [-0.3, -0.25) is 9.59 Å². The summed E-state index contributed by atoms with van der Waals surface area (Å²) in [6.07, 6.45) is 4.65. The lowest BCUT2D eigenvalue weighted by atomic mass is 9.65. The highest BCUT2D eigenvalue weighted by molar-refractivity contribution is 5.87. The van der Waals surface area contributed by atoms with E-state index in [1.54, 1.807) is 12.1 Å². The van der Waals surface area contributed by atoms with Crippen LogP contribution in [0.25, 0.3) is 11.0 Å². The van der Waals surface area contributed by atoms with Gasteiger partial charge in [0, 0.05) is 29.6 Å². The number of likely N-dealkylation sites (tertiary alicyclic amines) is 1. The van der Waals surface area contributed by atoms with Crippen LogP contribution in [0.2, 0.25) is 0 Å². The molecular formula is C22H27NO5. The number of amides is 1. The lowest BCUT2D eigenvalue weighted by Gasteiger charge is -2.39. The number of nitrogens with zero attached hydrogens (tertiary/aromatic N) is 1. The van der Waals surface area contributed by atoms with Gasteiger partial charge in [0.2, 0.25) is 0 Å². The van der Waals surface area contributed by atoms with Crippen LogP contribution in [-0.4, -0.2) is 41.1 Å². The summed E-state index contributed by atoms with van der Waals surface area (Å²) in [5, 5.41) is 10.2. The first kappa shape index (κ1) is 18.8. The smallest absolute Gasteiger partial charge is 0.310 e. The second-order valence-electron chi connectivity index (χ2n) is 9.51. The molecule has 1 aliphatic carbocycles. The van der Waals surface area contributed by atoms with Gasteiger partial charge in [0.25, 0.3) is 5.91 Å². The number of esters is 1. The van der Waals surface area contributed by atoms with Crippen molar-refractivity contribution < 1.29 is 23.8 Å². The Kier molecular flexibility index (Phi) is 4.40. The Hall–Kier alpha value is -2.50. The van der Waals surface area contributed by atoms with Gasteiger partial charge in [-0.25, -0.2) is 0 Å². The van der Waals surface area contributed by atoms with Gasteiger partial charge in [-0.2, -0.15) is 0 Å². The molecule has 1 N–H and O–H groups in total. The SMILES string of the molecule is CC1(C)C[C@H]2C[C@](C)(CN2C(=O)COC(=O)Cc2coc3cc(O)ccc23)C1. The van der Waals surface area contributed by atoms with Gasteiger partial charge in [-0.05, 0) is 42.2 Å². The molecular weight excluding hydrogens is 358 g/mol. The van der Waals surface area contributed by atoms with Crippen molar-refractivity contribution in [2.75, 3.05) is 13.2 Å². The maximum atomic E-state index is 12.7. The molecule has 2 heterocycles. The Balaban J connectivity index is 1.35. The first-order valence-electron chi connectivity index (χ1n) is 9.78. The highest BCUT2D eigenvalue weighted by atomic mass is 16.5. The van der Waals surface area contributed by atoms with Crippen molar-refractivity contribution in [3.8, 4) is 5.75 Å². The molecule has 1 saturated carbocycles. The predicted octanol–water partition coefficient (Wildman–Crippen LogP) is 3.65. The van der Waals surface area contributed by atoms with Crippen LogP contribution >= 0.6 is 0 Å². The van der Waals surface area contributed by atoms with Crippen molar-refractivity contribution in [2.45, 2.75) is 52.5 Å². The number of rotatable bonds is 4. The first-order valence-corrected chi connectivity index (χ1v) is 9.78. The molecule has 2 bridgehead atoms. The number of ether oxygens (including phenoxy) is 1. The van der Waals surface area contributed by atoms with E-state index in [2.05, 4.69) is 20.8 Å². The zero-order chi connectivity index (χ0) is 20.1. The largest absolute Gasteiger partial charge is 0.508 e. The summed E-state index contributed by atoms with van der Waals surface area (Å²) in [6.45, 7) is 7.30. The Bertz CT molecular complexity index is 930. The Morgan fingerprint density at radius 3 is 2.86 bits per heavy atom. The second kappa shape index (κ2) is 6.54. The maximum Gasteiger partial charge on any atom is 0.310 e. The molecule has 0 radical (unpaired) electrons. The predicted molar refractivity (Wildman–Crippen MR) is 104 cm³/mol. The fraction of sp³-hybridized carbons (Fsp3) is 0.545. The molecule has 28 heavy (non-hydrogen) atoms. The van der Waals surface area contributed by atoms with E-state index in [4.69, 9.17) is 9.15 Å². The number of aromatic hydroxyl groups is 1. The molecule has 1 amide bonds. The number of phenolic OH excluding ortho intramolecular Hbond substituents is 1. The number of phenols is 1. The summed E-state index contributed by atoms with van der Waals surface area (Å²) >= 11 is 0. The molecule has 2 atom stereocenters. The molecule has 1 saturated heterocycles. The summed E-state index contributed by atoms with van der Waals surface area (Å²) in [5.41, 5.74) is 1.59. The molecule has 0 spiro atoms. The topological polar surface area (TPSA) is 80.0 Å². The van der Waals surface area contributed by atoms with Gasteiger partial charge < -0.3 is 19.2 Å². The lowest BCUT2D eigenvalue weighted by Crippen LogP contribution is -2.39. The van der Waals surface area contributed by atoms with Crippen molar-refractivity contribution in [2.24, 2.45) is 10.8 Å². The summed E-state index contributed by atoms with van der Waals surface area (Å²) in [4.78, 5) is 26.9. The molecule has 1 aromatic heterocycles. The molecule has 0 unspecified atom stereocenters. The van der Waals surface area contributed by atoms with Crippen molar-refractivity contribution in [1.29, 1.82) is 0 Å². The number of hydrogen-bond acceptors (Lipinski definition) is 5. The van der Waals surface area contributed by atoms with E-state index in [1.807, 2.05) is 4.90 Å². The van der Waals surface area contributed by atoms with E-state index in [1.165, 1.54) is 12.3 Å². The minimum absolute atomic E-state index is 0.0270. The fourth-order valence-electron chi connectivity index (χ4n) is 5.39. The quantitative estimate of drug-likeness (QED) is 0.813. The maximum absolute atomic E-state index is 12.7. The number of furan rings is 1. The Morgan fingerprint density at radius 1 is 1.29 bits per heavy atom. The van der Waals surface area contributed by atoms with Gasteiger partial charge >= 0.3 is 5.97 Å². The van der Waals surface area contributed by atoms with Gasteiger partial charge in [0.15, 0.2) is 6.61 Å². The monoisotopic (exact) mass is 385 g/mol. The van der Waals surface area contributed by atoms with Gasteiger partial charge in [-0.15, -0.1) is 0 Å². The van der Waals surface area contributed by atoms with E-state index in [0.717, 1.165) is 31.2 Å². The van der Waals surface area contributed by atoms with Crippen LogP contribution < -0.4 is 0 Å². The third-order valence-electron chi connectivity index (χ3n) is 6.07. The molecule has 2 fully saturated rings. The Labute approximate surface area is 164 Å². The molecule has 2 aromatic rings. The van der Waals surface area contributed by atoms with Crippen molar-refractivity contribution in [3.05, 3.63) is 30.0 Å². The van der Waals surface area contributed by atoms with Crippen molar-refractivity contribution in [1.82, 2.24) is 4.90 Å². The minimum atomic E-state index is -0.460. The normalized spacial score (nSPS) is 25.8. The zero-order valence-corrected chi connectivity index (χ0v) is 16.7. The summed E-state index contributed by atoms with van der Waals surface area (Å²) in [6, 6.07) is 4.99. The second-order valence-corrected chi connectivity index (χ2v) is 9.51. The fourth-order valence-corrected chi connectivity index (χ4v) is 5.39. The average molecular weight is 385 g/mol. The number of fused-ring (bicyclic) bond motifs is 3. The van der Waals surface area contributed by atoms with Crippen LogP contribution in [0.5, 0.6) is 5.75 Å². The van der Waals surface area contributed by atoms with E-state index in [0.29, 0.717) is 11.1 Å². The molecule has 4 rings (SSSR count). The van der Waals surface area contributed by atoms with Crippen molar-refractivity contribution >= 4 is 22.8 Å². The number of carbonyl (C=O) groups excluding carboxylic acids is 2. The van der Waals surface area contributed by atoms with Gasteiger partial charge in [0.1, 0.15) is 11.3 Å². The van der Waals surface area contributed by atoms with E-state index in [9.17, 15) is 14.7 Å². The van der Waals surface area contributed by atoms with Crippen LogP contribution in [-0.2, 0) is 20.7 Å². The lowest BCUT2D eigenvalue weighted by molar-refractivity contribution is -0.152. The molecule has 1 aliphatic heterocycles. The van der Waals surface area contributed by atoms with E-state index >= 15 is 0 Å². The minimum Gasteiger partial charge on any atom is -0.508 e. The number of hydrogen-bond donors (Lipinski definition) is 1. The highest BCUT2D eigenvalue weighted by Gasteiger charge is 2.50. The molecule has 6 heteroatoms. The van der Waals surface area contributed by atoms with Crippen LogP contribution in [0.3, 0.4) is 0 Å². The van der Waals surface area contributed by atoms with E-state index < -0.39 is 5.97 Å². The summed E-state index contributed by atoms with van der Waals surface area (Å²) < 4.78 is 10.6. The van der Waals surface area contributed by atoms with Crippen LogP contribution in [0.1, 0.15) is 45.6 Å². The van der Waals surface area contributed by atoms with Gasteiger partial charge in [0.05, 0.1) is 12.7 Å². The first-order chi connectivity index (χ1) is 13.1. The molecule has 2 aliphatic rings. The third-order valence-corrected chi connectivity index (χ3v) is 6.07. The third kappa shape index (κ3) is 3.60.